The molecule has 0 aromatic heterocycles. The van der Waals surface area contributed by atoms with Crippen LogP contribution < -0.4 is 0 Å². The summed E-state index contributed by atoms with van der Waals surface area (Å²) < 4.78 is 10.9. The zero-order valence-electron chi connectivity index (χ0n) is 10.6. The van der Waals surface area contributed by atoms with E-state index in [0.29, 0.717) is 25.0 Å². The number of hydrogen-bond donors (Lipinski definition) is 1. The molecule has 0 radical (unpaired) electrons. The summed E-state index contributed by atoms with van der Waals surface area (Å²) in [6, 6.07) is 0. The molecular weight excluding hydrogens is 204 g/mol. The lowest BCUT2D eigenvalue weighted by molar-refractivity contribution is -0.0640. The fraction of sp³-hybridized carbons (Fsp3) is 0.846. The molecule has 3 nitrogen and oxygen atoms in total. The van der Waals surface area contributed by atoms with Crippen LogP contribution in [0.15, 0.2) is 12.2 Å². The summed E-state index contributed by atoms with van der Waals surface area (Å²) in [5.74, 6) is 0.927. The summed E-state index contributed by atoms with van der Waals surface area (Å²) in [6.07, 6.45) is 1.12. The van der Waals surface area contributed by atoms with Gasteiger partial charge < -0.3 is 14.6 Å². The lowest BCUT2D eigenvalue weighted by Gasteiger charge is -2.25. The van der Waals surface area contributed by atoms with Crippen LogP contribution in [0.2, 0.25) is 0 Å². The molecule has 1 N–H and O–H groups in total. The minimum absolute atomic E-state index is 0.0790. The van der Waals surface area contributed by atoms with Crippen LogP contribution in [0.25, 0.3) is 0 Å². The summed E-state index contributed by atoms with van der Waals surface area (Å²) in [6.45, 7) is 11.4. The lowest BCUT2D eigenvalue weighted by atomic mass is 9.86. The van der Waals surface area contributed by atoms with Crippen LogP contribution in [-0.2, 0) is 9.47 Å². The number of aliphatic hydroxyl groups excluding tert-OH is 1. The molecule has 0 bridgehead atoms. The molecule has 3 heteroatoms. The second-order valence-corrected chi connectivity index (χ2v) is 5.01. The first-order valence-electron chi connectivity index (χ1n) is 6.07. The second-order valence-electron chi connectivity index (χ2n) is 5.01. The molecule has 1 saturated heterocycles. The van der Waals surface area contributed by atoms with E-state index in [4.69, 9.17) is 9.47 Å². The minimum atomic E-state index is -0.409. The Labute approximate surface area is 98.4 Å². The average Bonchev–Trinajstić information content (AvgIpc) is 2.68. The Morgan fingerprint density at radius 1 is 1.38 bits per heavy atom. The fourth-order valence-electron chi connectivity index (χ4n) is 1.92. The number of rotatable bonds is 6. The van der Waals surface area contributed by atoms with Gasteiger partial charge in [-0.3, -0.25) is 0 Å². The summed E-state index contributed by atoms with van der Waals surface area (Å²) in [4.78, 5) is 0. The van der Waals surface area contributed by atoms with E-state index < -0.39 is 6.10 Å². The van der Waals surface area contributed by atoms with E-state index >= 15 is 0 Å². The molecule has 2 atom stereocenters. The van der Waals surface area contributed by atoms with Crippen LogP contribution in [0.1, 0.15) is 33.6 Å². The van der Waals surface area contributed by atoms with Gasteiger partial charge in [0, 0.05) is 6.42 Å². The van der Waals surface area contributed by atoms with Crippen molar-refractivity contribution >= 4 is 0 Å². The molecule has 0 aromatic carbocycles. The molecule has 1 rings (SSSR count). The summed E-state index contributed by atoms with van der Waals surface area (Å²) in [7, 11) is 0. The highest BCUT2D eigenvalue weighted by molar-refractivity contribution is 4.97. The molecule has 0 aliphatic carbocycles. The first-order chi connectivity index (χ1) is 7.50. The van der Waals surface area contributed by atoms with Crippen LogP contribution in [0.4, 0.5) is 0 Å². The Kier molecular flexibility index (Phi) is 5.46. The number of hydrogen-bond acceptors (Lipinski definition) is 3. The van der Waals surface area contributed by atoms with E-state index in [9.17, 15) is 5.11 Å². The number of aliphatic hydroxyl groups is 1. The third kappa shape index (κ3) is 4.24. The van der Waals surface area contributed by atoms with Gasteiger partial charge in [0.2, 0.25) is 0 Å². The Balaban J connectivity index is 2.43. The van der Waals surface area contributed by atoms with Crippen LogP contribution >= 0.6 is 0 Å². The van der Waals surface area contributed by atoms with Crippen molar-refractivity contribution in [2.24, 2.45) is 11.8 Å². The maximum atomic E-state index is 9.84. The van der Waals surface area contributed by atoms with Crippen molar-refractivity contribution in [3.8, 4) is 0 Å². The summed E-state index contributed by atoms with van der Waals surface area (Å²) in [5, 5.41) is 9.84. The topological polar surface area (TPSA) is 38.7 Å². The molecule has 1 unspecified atom stereocenters. The van der Waals surface area contributed by atoms with Gasteiger partial charge >= 0.3 is 0 Å². The van der Waals surface area contributed by atoms with Crippen molar-refractivity contribution in [3.63, 3.8) is 0 Å². The minimum Gasteiger partial charge on any atom is -0.389 e. The van der Waals surface area contributed by atoms with Gasteiger partial charge in [0.05, 0.1) is 19.3 Å². The van der Waals surface area contributed by atoms with E-state index in [1.807, 2.05) is 6.92 Å². The van der Waals surface area contributed by atoms with Crippen molar-refractivity contribution in [1.29, 1.82) is 0 Å². The maximum absolute atomic E-state index is 9.84. The van der Waals surface area contributed by atoms with E-state index in [0.717, 1.165) is 18.4 Å². The van der Waals surface area contributed by atoms with Crippen LogP contribution in [0, 0.1) is 11.8 Å². The van der Waals surface area contributed by atoms with Gasteiger partial charge in [-0.2, -0.15) is 0 Å². The highest BCUT2D eigenvalue weighted by Gasteiger charge is 2.25. The van der Waals surface area contributed by atoms with Gasteiger partial charge in [0.1, 0.15) is 0 Å². The van der Waals surface area contributed by atoms with Crippen molar-refractivity contribution in [2.75, 3.05) is 13.2 Å². The van der Waals surface area contributed by atoms with E-state index in [1.54, 1.807) is 0 Å². The Hall–Kier alpha value is -0.380. The molecule has 0 spiro atoms. The maximum Gasteiger partial charge on any atom is 0.158 e. The van der Waals surface area contributed by atoms with Crippen molar-refractivity contribution in [1.82, 2.24) is 0 Å². The third-order valence-corrected chi connectivity index (χ3v) is 3.22. The smallest absolute Gasteiger partial charge is 0.158 e. The largest absolute Gasteiger partial charge is 0.389 e. The Morgan fingerprint density at radius 2 is 1.94 bits per heavy atom. The summed E-state index contributed by atoms with van der Waals surface area (Å²) >= 11 is 0. The predicted molar refractivity (Wildman–Crippen MR) is 64.1 cm³/mol. The quantitative estimate of drug-likeness (QED) is 0.709. The van der Waals surface area contributed by atoms with E-state index in [1.165, 1.54) is 0 Å². The molecule has 0 aromatic rings. The van der Waals surface area contributed by atoms with Gasteiger partial charge in [-0.05, 0) is 25.2 Å². The monoisotopic (exact) mass is 228 g/mol. The predicted octanol–water partition coefficient (Wildman–Crippen LogP) is 2.35. The van der Waals surface area contributed by atoms with Gasteiger partial charge in [-0.1, -0.05) is 26.0 Å². The molecule has 1 aliphatic heterocycles. The highest BCUT2D eigenvalue weighted by atomic mass is 16.7. The van der Waals surface area contributed by atoms with Gasteiger partial charge in [-0.15, -0.1) is 0 Å². The summed E-state index contributed by atoms with van der Waals surface area (Å²) in [5.41, 5.74) is 0.832. The van der Waals surface area contributed by atoms with Crippen molar-refractivity contribution in [2.45, 2.75) is 46.0 Å². The van der Waals surface area contributed by atoms with Crippen molar-refractivity contribution in [3.05, 3.63) is 12.2 Å². The SMILES string of the molecule is C=C(C)C(O)C[C@@H](CC1OCCO1)C(C)C. The number of ether oxygens (including phenoxy) is 2. The molecular formula is C13H24O3. The van der Waals surface area contributed by atoms with E-state index in [-0.39, 0.29) is 6.29 Å². The van der Waals surface area contributed by atoms with Crippen LogP contribution in [-0.4, -0.2) is 30.7 Å². The van der Waals surface area contributed by atoms with Crippen LogP contribution in [0.3, 0.4) is 0 Å². The molecule has 0 amide bonds. The van der Waals surface area contributed by atoms with Crippen molar-refractivity contribution < 1.29 is 14.6 Å². The third-order valence-electron chi connectivity index (χ3n) is 3.22. The lowest BCUT2D eigenvalue weighted by Crippen LogP contribution is -2.23. The Bertz CT molecular complexity index is 219. The molecule has 1 fully saturated rings. The Morgan fingerprint density at radius 3 is 2.38 bits per heavy atom. The molecule has 16 heavy (non-hydrogen) atoms. The van der Waals surface area contributed by atoms with Crippen LogP contribution in [0.5, 0.6) is 0 Å². The molecule has 1 aliphatic rings. The van der Waals surface area contributed by atoms with Gasteiger partial charge in [0.15, 0.2) is 6.29 Å². The van der Waals surface area contributed by atoms with Gasteiger partial charge in [0.25, 0.3) is 0 Å². The zero-order chi connectivity index (χ0) is 12.1. The normalized spacial score (nSPS) is 21.3. The second kappa shape index (κ2) is 6.38. The average molecular weight is 228 g/mol. The first-order valence-corrected chi connectivity index (χ1v) is 6.07. The first kappa shape index (κ1) is 13.7. The molecule has 94 valence electrons. The van der Waals surface area contributed by atoms with E-state index in [2.05, 4.69) is 20.4 Å². The fourth-order valence-corrected chi connectivity index (χ4v) is 1.92. The standard InChI is InChI=1S/C13H24O3/c1-9(2)11(7-12(14)10(3)4)8-13-15-5-6-16-13/h9,11-14H,3,5-8H2,1-2,4H3/t11-,12?/m0/s1. The van der Waals surface area contributed by atoms with Gasteiger partial charge in [-0.25, -0.2) is 0 Å². The zero-order valence-corrected chi connectivity index (χ0v) is 10.6. The molecule has 1 heterocycles. The molecule has 0 saturated carbocycles. The highest BCUT2D eigenvalue weighted by Crippen LogP contribution is 2.27.